The molecule has 3 aliphatic rings. The van der Waals surface area contributed by atoms with Crippen LogP contribution >= 0.6 is 0 Å². The van der Waals surface area contributed by atoms with Gasteiger partial charge in [-0.1, -0.05) is 80.4 Å². The molecule has 2 saturated heterocycles. The highest BCUT2D eigenvalue weighted by Crippen LogP contribution is 2.45. The fourth-order valence-electron chi connectivity index (χ4n) is 8.62. The topological polar surface area (TPSA) is 126 Å². The van der Waals surface area contributed by atoms with E-state index in [1.54, 1.807) is 6.92 Å². The van der Waals surface area contributed by atoms with Crippen molar-refractivity contribution in [3.63, 3.8) is 0 Å². The van der Waals surface area contributed by atoms with Crippen LogP contribution in [0, 0.1) is 11.8 Å². The second-order valence-electron chi connectivity index (χ2n) is 16.8. The SMILES string of the molecule is CC(=O)O[C@@H](C)C(=O)NCc1cccc(-c2cccc([C@H]3O[C@@H](CN4[C@@H](C(=O)NC(C)(C)C)CC[C@H]5CCCC[C@H]54)[C@@H](C)[C@@H](c4ccc(CO)cc4)O3)c2)c1. The number of rotatable bonds is 11. The summed E-state index contributed by atoms with van der Waals surface area (Å²) in [5.74, 6) is -0.205. The van der Waals surface area contributed by atoms with Crippen LogP contribution in [-0.2, 0) is 41.7 Å². The molecule has 8 atom stereocenters. The second-order valence-corrected chi connectivity index (χ2v) is 16.8. The van der Waals surface area contributed by atoms with Gasteiger partial charge in [0.25, 0.3) is 5.91 Å². The first-order valence-corrected chi connectivity index (χ1v) is 20.0. The number of aliphatic hydroxyl groups is 1. The molecule has 55 heavy (non-hydrogen) atoms. The maximum absolute atomic E-state index is 13.9. The summed E-state index contributed by atoms with van der Waals surface area (Å²) < 4.78 is 18.9. The molecule has 2 heterocycles. The predicted octanol–water partition coefficient (Wildman–Crippen LogP) is 7.14. The molecule has 1 aliphatic carbocycles. The molecule has 3 N–H and O–H groups in total. The van der Waals surface area contributed by atoms with E-state index in [0.29, 0.717) is 18.5 Å². The van der Waals surface area contributed by atoms with E-state index in [0.717, 1.165) is 52.6 Å². The van der Waals surface area contributed by atoms with E-state index in [-0.39, 0.29) is 54.7 Å². The number of likely N-dealkylation sites (tertiary alicyclic amines) is 1. The van der Waals surface area contributed by atoms with E-state index >= 15 is 0 Å². The molecule has 10 nitrogen and oxygen atoms in total. The molecule has 0 radical (unpaired) electrons. The molecule has 1 saturated carbocycles. The van der Waals surface area contributed by atoms with Crippen LogP contribution in [0.4, 0.5) is 0 Å². The van der Waals surface area contributed by atoms with E-state index in [4.69, 9.17) is 14.2 Å². The van der Waals surface area contributed by atoms with Crippen molar-refractivity contribution in [1.29, 1.82) is 0 Å². The Morgan fingerprint density at radius 3 is 2.31 bits per heavy atom. The van der Waals surface area contributed by atoms with Crippen LogP contribution < -0.4 is 10.6 Å². The number of piperidine rings is 1. The van der Waals surface area contributed by atoms with Crippen molar-refractivity contribution in [2.24, 2.45) is 11.8 Å². The number of ether oxygens (including phenoxy) is 3. The smallest absolute Gasteiger partial charge is 0.303 e. The summed E-state index contributed by atoms with van der Waals surface area (Å²) in [6.45, 7) is 12.0. The first-order valence-electron chi connectivity index (χ1n) is 20.0. The standard InChI is InChI=1S/C45H59N3O7/c1-28-40(26-48-38-16-8-7-12-33(38)21-22-39(48)43(52)47-45(4,5)6)54-44(55-41(28)34-19-17-31(27-49)18-20-34)37-15-10-14-36(24-37)35-13-9-11-32(23-35)25-46-42(51)29(2)53-30(3)50/h9-11,13-15,17-20,23-24,28-29,33,38-41,44,49H,7-8,12,16,21-22,25-27H2,1-6H3,(H,46,51)(H,47,52)/t28-,29+,33-,38-,39-,40+,41+,44+/m1/s1. The van der Waals surface area contributed by atoms with Gasteiger partial charge in [-0.25, -0.2) is 0 Å². The zero-order valence-electron chi connectivity index (χ0n) is 33.3. The average Bonchev–Trinajstić information content (AvgIpc) is 3.17. The first-order chi connectivity index (χ1) is 26.3. The molecule has 3 aromatic carbocycles. The van der Waals surface area contributed by atoms with E-state index < -0.39 is 18.4 Å². The summed E-state index contributed by atoms with van der Waals surface area (Å²) in [6, 6.07) is 24.3. The van der Waals surface area contributed by atoms with Crippen LogP contribution in [0.1, 0.15) is 115 Å². The van der Waals surface area contributed by atoms with Crippen LogP contribution in [0.25, 0.3) is 11.1 Å². The van der Waals surface area contributed by atoms with Crippen molar-refractivity contribution in [3.8, 4) is 11.1 Å². The Labute approximate surface area is 326 Å². The zero-order valence-corrected chi connectivity index (χ0v) is 33.3. The van der Waals surface area contributed by atoms with Gasteiger partial charge in [-0.2, -0.15) is 0 Å². The van der Waals surface area contributed by atoms with Crippen molar-refractivity contribution in [2.75, 3.05) is 6.54 Å². The Kier molecular flexibility index (Phi) is 13.1. The zero-order chi connectivity index (χ0) is 39.3. The van der Waals surface area contributed by atoms with Crippen molar-refractivity contribution in [1.82, 2.24) is 15.5 Å². The van der Waals surface area contributed by atoms with Crippen molar-refractivity contribution in [2.45, 2.75) is 135 Å². The third kappa shape index (κ3) is 10.2. The Morgan fingerprint density at radius 2 is 1.60 bits per heavy atom. The number of hydrogen-bond donors (Lipinski definition) is 3. The van der Waals surface area contributed by atoms with Gasteiger partial charge in [-0.05, 0) is 99.2 Å². The number of hydrogen-bond acceptors (Lipinski definition) is 8. The number of nitrogens with one attached hydrogen (secondary N) is 2. The summed E-state index contributed by atoms with van der Waals surface area (Å²) in [7, 11) is 0. The third-order valence-electron chi connectivity index (χ3n) is 11.4. The first kappa shape index (κ1) is 40.6. The summed E-state index contributed by atoms with van der Waals surface area (Å²) >= 11 is 0. The monoisotopic (exact) mass is 753 g/mol. The van der Waals surface area contributed by atoms with Gasteiger partial charge >= 0.3 is 5.97 Å². The molecular formula is C45H59N3O7. The van der Waals surface area contributed by atoms with Crippen LogP contribution in [-0.4, -0.2) is 64.2 Å². The number of fused-ring (bicyclic) bond motifs is 1. The summed E-state index contributed by atoms with van der Waals surface area (Å²) in [5.41, 5.74) is 5.28. The van der Waals surface area contributed by atoms with Crippen LogP contribution in [0.15, 0.2) is 72.8 Å². The molecule has 6 rings (SSSR count). The highest BCUT2D eigenvalue weighted by molar-refractivity contribution is 5.83. The normalized spacial score (nSPS) is 26.3. The molecule has 2 amide bonds. The number of esters is 1. The van der Waals surface area contributed by atoms with E-state index in [1.807, 2.05) is 87.5 Å². The van der Waals surface area contributed by atoms with Gasteiger partial charge in [-0.15, -0.1) is 0 Å². The minimum atomic E-state index is -0.874. The highest BCUT2D eigenvalue weighted by atomic mass is 16.7. The molecule has 296 valence electrons. The largest absolute Gasteiger partial charge is 0.453 e. The van der Waals surface area contributed by atoms with Crippen LogP contribution in [0.2, 0.25) is 0 Å². The number of benzene rings is 3. The van der Waals surface area contributed by atoms with E-state index in [9.17, 15) is 19.5 Å². The number of nitrogens with zero attached hydrogens (tertiary/aromatic N) is 1. The lowest BCUT2D eigenvalue weighted by Crippen LogP contribution is -2.61. The lowest BCUT2D eigenvalue weighted by molar-refractivity contribution is -0.278. The Bertz CT molecular complexity index is 1790. The maximum atomic E-state index is 13.9. The minimum Gasteiger partial charge on any atom is -0.453 e. The van der Waals surface area contributed by atoms with Gasteiger partial charge in [0.15, 0.2) is 12.4 Å². The lowest BCUT2D eigenvalue weighted by Gasteiger charge is -2.51. The molecule has 0 spiro atoms. The Hall–Kier alpha value is -4.09. The number of carbonyl (C=O) groups excluding carboxylic acids is 3. The number of amides is 2. The number of carbonyl (C=O) groups is 3. The predicted molar refractivity (Wildman–Crippen MR) is 211 cm³/mol. The molecule has 10 heteroatoms. The fraction of sp³-hybridized carbons (Fsp3) is 0.533. The van der Waals surface area contributed by atoms with Gasteiger partial charge < -0.3 is 30.0 Å². The molecule has 2 aliphatic heterocycles. The van der Waals surface area contributed by atoms with Crippen molar-refractivity contribution >= 4 is 17.8 Å². The average molecular weight is 754 g/mol. The van der Waals surface area contributed by atoms with Gasteiger partial charge in [0.1, 0.15) is 0 Å². The van der Waals surface area contributed by atoms with Crippen LogP contribution in [0.5, 0.6) is 0 Å². The molecular weight excluding hydrogens is 695 g/mol. The van der Waals surface area contributed by atoms with Crippen molar-refractivity contribution in [3.05, 3.63) is 95.1 Å². The Balaban J connectivity index is 1.28. The summed E-state index contributed by atoms with van der Waals surface area (Å²) in [4.78, 5) is 40.2. The highest BCUT2D eigenvalue weighted by Gasteiger charge is 2.46. The van der Waals surface area contributed by atoms with Gasteiger partial charge in [0.05, 0.1) is 24.9 Å². The Morgan fingerprint density at radius 1 is 0.891 bits per heavy atom. The lowest BCUT2D eigenvalue weighted by atomic mass is 9.75. The molecule has 0 aromatic heterocycles. The maximum Gasteiger partial charge on any atom is 0.303 e. The van der Waals surface area contributed by atoms with Crippen LogP contribution in [0.3, 0.4) is 0 Å². The van der Waals surface area contributed by atoms with Gasteiger partial charge in [0, 0.05) is 43.1 Å². The van der Waals surface area contributed by atoms with E-state index in [1.165, 1.54) is 26.2 Å². The second kappa shape index (κ2) is 17.8. The van der Waals surface area contributed by atoms with Crippen molar-refractivity contribution < 1.29 is 33.7 Å². The summed E-state index contributed by atoms with van der Waals surface area (Å²) in [5, 5.41) is 15.9. The molecule has 0 unspecified atom stereocenters. The summed E-state index contributed by atoms with van der Waals surface area (Å²) in [6.07, 6.45) is 4.58. The molecule has 0 bridgehead atoms. The number of aliphatic hydroxyl groups excluding tert-OH is 1. The van der Waals surface area contributed by atoms with Gasteiger partial charge in [-0.3, -0.25) is 19.3 Å². The quantitative estimate of drug-likeness (QED) is 0.177. The van der Waals surface area contributed by atoms with E-state index in [2.05, 4.69) is 28.5 Å². The minimum absolute atomic E-state index is 0.0230. The third-order valence-corrected chi connectivity index (χ3v) is 11.4. The molecule has 3 fully saturated rings. The molecule has 3 aromatic rings. The fourth-order valence-corrected chi connectivity index (χ4v) is 8.62. The van der Waals surface area contributed by atoms with Gasteiger partial charge in [0.2, 0.25) is 5.91 Å².